The summed E-state index contributed by atoms with van der Waals surface area (Å²) in [5.41, 5.74) is 2.82. The number of para-hydroxylation sites is 1. The SMILES string of the molecule is CNC(=O)C[C@H](CC(=O)CCc1ccccc1)C(=O)N[C@@H](COC)C(=O)CCc1cccc2cccnc12. The van der Waals surface area contributed by atoms with Gasteiger partial charge in [0.1, 0.15) is 11.8 Å². The predicted molar refractivity (Wildman–Crippen MR) is 145 cm³/mol. The molecule has 2 aromatic carbocycles. The van der Waals surface area contributed by atoms with Crippen LogP contribution < -0.4 is 10.6 Å². The van der Waals surface area contributed by atoms with Crippen molar-refractivity contribution < 1.29 is 23.9 Å². The van der Waals surface area contributed by atoms with Crippen LogP contribution in [0.2, 0.25) is 0 Å². The molecule has 1 heterocycles. The summed E-state index contributed by atoms with van der Waals surface area (Å²) in [5, 5.41) is 6.24. The molecule has 0 unspecified atom stereocenters. The van der Waals surface area contributed by atoms with Gasteiger partial charge < -0.3 is 15.4 Å². The Bertz CT molecular complexity index is 1240. The molecule has 1 aromatic heterocycles. The number of amides is 2. The number of ether oxygens (including phenoxy) is 1. The summed E-state index contributed by atoms with van der Waals surface area (Å²) in [6.45, 7) is -0.00694. The van der Waals surface area contributed by atoms with E-state index in [1.54, 1.807) is 6.20 Å². The number of rotatable bonds is 15. The van der Waals surface area contributed by atoms with Gasteiger partial charge in [-0.05, 0) is 30.0 Å². The molecule has 0 aliphatic carbocycles. The zero-order valence-electron chi connectivity index (χ0n) is 21.9. The summed E-state index contributed by atoms with van der Waals surface area (Å²) in [5.74, 6) is -2.05. The number of methoxy groups -OCH3 is 1. The normalized spacial score (nSPS) is 12.5. The number of nitrogens with one attached hydrogen (secondary N) is 2. The first-order valence-electron chi connectivity index (χ1n) is 12.8. The van der Waals surface area contributed by atoms with Gasteiger partial charge >= 0.3 is 0 Å². The molecule has 2 amide bonds. The quantitative estimate of drug-likeness (QED) is 0.320. The molecule has 3 rings (SSSR count). The Morgan fingerprint density at radius 3 is 2.39 bits per heavy atom. The highest BCUT2D eigenvalue weighted by Gasteiger charge is 2.28. The van der Waals surface area contributed by atoms with E-state index < -0.39 is 17.9 Å². The van der Waals surface area contributed by atoms with Gasteiger partial charge in [0.15, 0.2) is 5.78 Å². The Balaban J connectivity index is 1.63. The number of hydrogen-bond acceptors (Lipinski definition) is 6. The van der Waals surface area contributed by atoms with Gasteiger partial charge in [-0.3, -0.25) is 24.2 Å². The number of nitrogens with zero attached hydrogens (tertiary/aromatic N) is 1. The van der Waals surface area contributed by atoms with E-state index in [1.807, 2.05) is 60.7 Å². The second kappa shape index (κ2) is 14.7. The summed E-state index contributed by atoms with van der Waals surface area (Å²) >= 11 is 0. The van der Waals surface area contributed by atoms with E-state index in [1.165, 1.54) is 14.2 Å². The maximum atomic E-state index is 13.2. The number of aromatic nitrogens is 1. The molecule has 200 valence electrons. The van der Waals surface area contributed by atoms with E-state index in [2.05, 4.69) is 15.6 Å². The van der Waals surface area contributed by atoms with Gasteiger partial charge in [0.05, 0.1) is 18.0 Å². The molecule has 0 aliphatic rings. The molecule has 38 heavy (non-hydrogen) atoms. The summed E-state index contributed by atoms with van der Waals surface area (Å²) in [6.07, 6.45) is 2.96. The van der Waals surface area contributed by atoms with Gasteiger partial charge in [-0.1, -0.05) is 54.6 Å². The number of carbonyl (C=O) groups excluding carboxylic acids is 4. The van der Waals surface area contributed by atoms with Gasteiger partial charge in [0.2, 0.25) is 11.8 Å². The summed E-state index contributed by atoms with van der Waals surface area (Å²) in [6, 6.07) is 18.4. The number of carbonyl (C=O) groups is 4. The molecule has 2 atom stereocenters. The average molecular weight is 518 g/mol. The first-order valence-corrected chi connectivity index (χ1v) is 12.8. The van der Waals surface area contributed by atoms with Crippen molar-refractivity contribution >= 4 is 34.3 Å². The molecule has 0 spiro atoms. The van der Waals surface area contributed by atoms with Crippen molar-refractivity contribution in [1.29, 1.82) is 0 Å². The van der Waals surface area contributed by atoms with Gasteiger partial charge in [0.25, 0.3) is 0 Å². The van der Waals surface area contributed by atoms with Gasteiger partial charge in [-0.15, -0.1) is 0 Å². The third-order valence-electron chi connectivity index (χ3n) is 6.49. The van der Waals surface area contributed by atoms with Crippen LogP contribution in [0, 0.1) is 5.92 Å². The molecular weight excluding hydrogens is 482 g/mol. The second-order valence-electron chi connectivity index (χ2n) is 9.28. The number of aryl methyl sites for hydroxylation is 2. The topological polar surface area (TPSA) is 114 Å². The minimum Gasteiger partial charge on any atom is -0.382 e. The first kappa shape index (κ1) is 28.7. The summed E-state index contributed by atoms with van der Waals surface area (Å²) < 4.78 is 5.20. The number of ketones is 2. The van der Waals surface area contributed by atoms with Gasteiger partial charge in [0, 0.05) is 51.4 Å². The Morgan fingerprint density at radius 2 is 1.66 bits per heavy atom. The van der Waals surface area contributed by atoms with Crippen molar-refractivity contribution in [2.45, 2.75) is 44.6 Å². The molecule has 0 fully saturated rings. The molecular formula is C30H35N3O5. The second-order valence-corrected chi connectivity index (χ2v) is 9.28. The Labute approximate surface area is 223 Å². The first-order chi connectivity index (χ1) is 18.4. The molecule has 8 heteroatoms. The number of Topliss-reactive ketones (excluding diaryl/α,β-unsaturated/α-hetero) is 2. The van der Waals surface area contributed by atoms with Crippen LogP contribution in [-0.4, -0.2) is 55.2 Å². The van der Waals surface area contributed by atoms with Crippen LogP contribution in [0.3, 0.4) is 0 Å². The molecule has 0 saturated carbocycles. The van der Waals surface area contributed by atoms with E-state index in [0.717, 1.165) is 22.0 Å². The van der Waals surface area contributed by atoms with E-state index in [4.69, 9.17) is 4.74 Å². The minimum atomic E-state index is -0.887. The van der Waals surface area contributed by atoms with Crippen LogP contribution in [0.15, 0.2) is 66.9 Å². The van der Waals surface area contributed by atoms with Crippen molar-refractivity contribution in [3.05, 3.63) is 78.0 Å². The van der Waals surface area contributed by atoms with Crippen LogP contribution >= 0.6 is 0 Å². The summed E-state index contributed by atoms with van der Waals surface area (Å²) in [4.78, 5) is 55.5. The zero-order chi connectivity index (χ0) is 27.3. The molecule has 0 aliphatic heterocycles. The largest absolute Gasteiger partial charge is 0.382 e. The van der Waals surface area contributed by atoms with Gasteiger partial charge in [-0.25, -0.2) is 0 Å². The van der Waals surface area contributed by atoms with Crippen molar-refractivity contribution in [3.63, 3.8) is 0 Å². The van der Waals surface area contributed by atoms with Gasteiger partial charge in [-0.2, -0.15) is 0 Å². The number of pyridine rings is 1. The molecule has 2 N–H and O–H groups in total. The Kier molecular flexibility index (Phi) is 11.1. The highest BCUT2D eigenvalue weighted by Crippen LogP contribution is 2.18. The van der Waals surface area contributed by atoms with Crippen molar-refractivity contribution in [1.82, 2.24) is 15.6 Å². The number of benzene rings is 2. The van der Waals surface area contributed by atoms with Crippen molar-refractivity contribution in [3.8, 4) is 0 Å². The minimum absolute atomic E-state index is 0.00694. The predicted octanol–water partition coefficient (Wildman–Crippen LogP) is 3.21. The standard InChI is InChI=1S/C30H35N3O5/c1-31-28(36)19-24(18-25(34)15-13-21-8-4-3-5-9-21)30(37)33-26(20-38-2)27(35)16-14-23-11-6-10-22-12-7-17-32-29(22)23/h3-12,17,24,26H,13-16,18-20H2,1-2H3,(H,31,36)(H,33,37)/t24-,26-/m0/s1. The lowest BCUT2D eigenvalue weighted by Gasteiger charge is -2.21. The Morgan fingerprint density at radius 1 is 0.895 bits per heavy atom. The third-order valence-corrected chi connectivity index (χ3v) is 6.49. The van der Waals surface area contributed by atoms with E-state index in [9.17, 15) is 19.2 Å². The third kappa shape index (κ3) is 8.59. The lowest BCUT2D eigenvalue weighted by atomic mass is 9.93. The van der Waals surface area contributed by atoms with Crippen LogP contribution in [0.5, 0.6) is 0 Å². The fourth-order valence-electron chi connectivity index (χ4n) is 4.36. The van der Waals surface area contributed by atoms with E-state index in [-0.39, 0.29) is 49.8 Å². The smallest absolute Gasteiger partial charge is 0.224 e. The molecule has 0 saturated heterocycles. The molecule has 0 radical (unpaired) electrons. The average Bonchev–Trinajstić information content (AvgIpc) is 2.94. The number of hydrogen-bond donors (Lipinski definition) is 2. The van der Waals surface area contributed by atoms with Crippen molar-refractivity contribution in [2.24, 2.45) is 5.92 Å². The number of fused-ring (bicyclic) bond motifs is 1. The lowest BCUT2D eigenvalue weighted by Crippen LogP contribution is -2.47. The highest BCUT2D eigenvalue weighted by atomic mass is 16.5. The summed E-state index contributed by atoms with van der Waals surface area (Å²) in [7, 11) is 2.93. The monoisotopic (exact) mass is 517 g/mol. The Hall–Kier alpha value is -3.91. The van der Waals surface area contributed by atoms with Crippen LogP contribution in [0.25, 0.3) is 10.9 Å². The highest BCUT2D eigenvalue weighted by molar-refractivity contribution is 5.94. The maximum absolute atomic E-state index is 13.2. The van der Waals surface area contributed by atoms with Crippen LogP contribution in [0.4, 0.5) is 0 Å². The molecule has 3 aromatic rings. The molecule has 0 bridgehead atoms. The lowest BCUT2D eigenvalue weighted by molar-refractivity contribution is -0.135. The maximum Gasteiger partial charge on any atom is 0.224 e. The van der Waals surface area contributed by atoms with Crippen LogP contribution in [0.1, 0.15) is 36.8 Å². The fourth-order valence-corrected chi connectivity index (χ4v) is 4.36. The fraction of sp³-hybridized carbons (Fsp3) is 0.367. The van der Waals surface area contributed by atoms with Crippen molar-refractivity contribution in [2.75, 3.05) is 20.8 Å². The molecule has 8 nitrogen and oxygen atoms in total. The van der Waals surface area contributed by atoms with Crippen LogP contribution in [-0.2, 0) is 36.8 Å². The van der Waals surface area contributed by atoms with E-state index >= 15 is 0 Å². The zero-order valence-corrected chi connectivity index (χ0v) is 21.9. The van der Waals surface area contributed by atoms with E-state index in [0.29, 0.717) is 12.8 Å².